The molecule has 5 rings (SSSR count). The molecule has 0 bridgehead atoms. The van der Waals surface area contributed by atoms with Gasteiger partial charge < -0.3 is 14.4 Å². The molecule has 1 saturated heterocycles. The Morgan fingerprint density at radius 2 is 1.76 bits per heavy atom. The van der Waals surface area contributed by atoms with Crippen molar-refractivity contribution >= 4 is 22.7 Å². The van der Waals surface area contributed by atoms with Gasteiger partial charge in [0, 0.05) is 74.9 Å². The molecule has 1 aromatic heterocycles. The van der Waals surface area contributed by atoms with Crippen LogP contribution in [-0.2, 0) is 24.3 Å². The summed E-state index contributed by atoms with van der Waals surface area (Å²) in [6, 6.07) is 6.85. The van der Waals surface area contributed by atoms with Crippen molar-refractivity contribution in [2.24, 2.45) is 5.92 Å². The molecule has 6 heteroatoms. The molecule has 178 valence electrons. The Morgan fingerprint density at radius 3 is 2.45 bits per heavy atom. The van der Waals surface area contributed by atoms with Gasteiger partial charge in [0.25, 0.3) is 5.91 Å². The number of rotatable bonds is 4. The quantitative estimate of drug-likeness (QED) is 0.710. The Labute approximate surface area is 197 Å². The summed E-state index contributed by atoms with van der Waals surface area (Å²) in [5, 5.41) is 1.16. The minimum absolute atomic E-state index is 0.107. The first kappa shape index (κ1) is 22.5. The molecule has 0 unspecified atom stereocenters. The van der Waals surface area contributed by atoms with Gasteiger partial charge in [0.2, 0.25) is 5.91 Å². The van der Waals surface area contributed by atoms with Crippen LogP contribution in [0.25, 0.3) is 10.9 Å². The number of piperidine rings is 1. The highest BCUT2D eigenvalue weighted by Gasteiger charge is 2.31. The predicted octanol–water partition coefficient (Wildman–Crippen LogP) is 3.90. The number of benzene rings is 1. The maximum absolute atomic E-state index is 13.3. The first-order chi connectivity index (χ1) is 15.9. The van der Waals surface area contributed by atoms with Crippen molar-refractivity contribution in [1.82, 2.24) is 19.3 Å². The van der Waals surface area contributed by atoms with Gasteiger partial charge in [0.15, 0.2) is 0 Å². The lowest BCUT2D eigenvalue weighted by Crippen LogP contribution is -2.38. The summed E-state index contributed by atoms with van der Waals surface area (Å²) in [7, 11) is 3.64. The van der Waals surface area contributed by atoms with Gasteiger partial charge in [-0.3, -0.25) is 14.5 Å². The lowest BCUT2D eigenvalue weighted by Gasteiger charge is -2.33. The molecule has 0 spiro atoms. The number of likely N-dealkylation sites (N-methyl/N-ethyl adjacent to an activating group) is 1. The summed E-state index contributed by atoms with van der Waals surface area (Å²) in [6.45, 7) is 6.32. The number of carbonyl (C=O) groups excluding carboxylic acids is 2. The number of likely N-dealkylation sites (tertiary alicyclic amines) is 1. The van der Waals surface area contributed by atoms with E-state index in [4.69, 9.17) is 0 Å². The lowest BCUT2D eigenvalue weighted by atomic mass is 9.98. The third-order valence-electron chi connectivity index (χ3n) is 8.23. The van der Waals surface area contributed by atoms with Crippen LogP contribution in [-0.4, -0.2) is 70.9 Å². The molecule has 1 aromatic carbocycles. The van der Waals surface area contributed by atoms with Gasteiger partial charge in [0.1, 0.15) is 6.54 Å². The van der Waals surface area contributed by atoms with Gasteiger partial charge in [0.05, 0.1) is 0 Å². The van der Waals surface area contributed by atoms with E-state index in [-0.39, 0.29) is 11.8 Å². The third kappa shape index (κ3) is 4.30. The Balaban J connectivity index is 1.51. The summed E-state index contributed by atoms with van der Waals surface area (Å²) >= 11 is 0. The lowest BCUT2D eigenvalue weighted by molar-refractivity contribution is -0.129. The molecule has 2 aromatic rings. The molecule has 2 aliphatic heterocycles. The van der Waals surface area contributed by atoms with Gasteiger partial charge in [-0.2, -0.15) is 0 Å². The number of nitrogens with zero attached hydrogens (tertiary/aromatic N) is 4. The Morgan fingerprint density at radius 1 is 1.03 bits per heavy atom. The second-order valence-electron chi connectivity index (χ2n) is 10.7. The fourth-order valence-electron chi connectivity index (χ4n) is 6.04. The van der Waals surface area contributed by atoms with Gasteiger partial charge in [-0.15, -0.1) is 0 Å². The molecular weight excluding hydrogens is 412 g/mol. The van der Waals surface area contributed by atoms with E-state index < -0.39 is 0 Å². The largest absolute Gasteiger partial charge is 0.347 e. The zero-order valence-electron chi connectivity index (χ0n) is 20.5. The molecule has 1 saturated carbocycles. The van der Waals surface area contributed by atoms with Gasteiger partial charge in [-0.05, 0) is 55.4 Å². The second-order valence-corrected chi connectivity index (χ2v) is 10.7. The van der Waals surface area contributed by atoms with Crippen LogP contribution in [0.1, 0.15) is 67.1 Å². The van der Waals surface area contributed by atoms with Crippen LogP contribution >= 0.6 is 0 Å². The van der Waals surface area contributed by atoms with E-state index in [1.165, 1.54) is 36.9 Å². The van der Waals surface area contributed by atoms with E-state index >= 15 is 0 Å². The monoisotopic (exact) mass is 450 g/mol. The highest BCUT2D eigenvalue weighted by molar-refractivity contribution is 5.99. The maximum Gasteiger partial charge on any atom is 0.253 e. The Bertz CT molecular complexity index is 1040. The van der Waals surface area contributed by atoms with Crippen molar-refractivity contribution in [1.29, 1.82) is 0 Å². The Hall–Kier alpha value is -2.34. The number of hydrogen-bond donors (Lipinski definition) is 0. The van der Waals surface area contributed by atoms with Gasteiger partial charge >= 0.3 is 0 Å². The molecule has 2 amide bonds. The Kier molecular flexibility index (Phi) is 6.21. The van der Waals surface area contributed by atoms with Crippen LogP contribution in [0, 0.1) is 5.92 Å². The molecule has 33 heavy (non-hydrogen) atoms. The van der Waals surface area contributed by atoms with Crippen LogP contribution in [0.2, 0.25) is 0 Å². The van der Waals surface area contributed by atoms with Crippen LogP contribution in [0.4, 0.5) is 0 Å². The van der Waals surface area contributed by atoms with Crippen molar-refractivity contribution in [2.45, 2.75) is 71.0 Å². The van der Waals surface area contributed by atoms with Crippen molar-refractivity contribution in [3.8, 4) is 0 Å². The van der Waals surface area contributed by atoms with Crippen LogP contribution < -0.4 is 0 Å². The average molecular weight is 451 g/mol. The first-order valence-electron chi connectivity index (χ1n) is 12.8. The third-order valence-corrected chi connectivity index (χ3v) is 8.23. The van der Waals surface area contributed by atoms with Gasteiger partial charge in [-0.25, -0.2) is 0 Å². The van der Waals surface area contributed by atoms with E-state index in [0.29, 0.717) is 18.5 Å². The van der Waals surface area contributed by atoms with E-state index in [1.54, 1.807) is 4.90 Å². The summed E-state index contributed by atoms with van der Waals surface area (Å²) in [4.78, 5) is 32.3. The molecule has 0 radical (unpaired) electrons. The summed E-state index contributed by atoms with van der Waals surface area (Å²) in [6.07, 6.45) is 8.40. The maximum atomic E-state index is 13.3. The van der Waals surface area contributed by atoms with Crippen LogP contribution in [0.15, 0.2) is 18.2 Å². The molecule has 2 fully saturated rings. The standard InChI is InChI=1S/C27H38N4O2/c1-19-10-13-29(14-11-19)27(33)20-8-9-24-22(16-20)23-17-30(21-6-4-5-7-21)15-12-25(23)31(24)18-26(32)28(2)3/h8-9,16,19,21H,4-7,10-15,17-18H2,1-3H3. The molecule has 1 aliphatic carbocycles. The fourth-order valence-corrected chi connectivity index (χ4v) is 6.04. The first-order valence-corrected chi connectivity index (χ1v) is 12.8. The SMILES string of the molecule is CC1CCN(C(=O)c2ccc3c(c2)c2c(n3CC(=O)N(C)C)CCN(C3CCCC3)C2)CC1. The van der Waals surface area contributed by atoms with E-state index in [0.717, 1.165) is 61.9 Å². The van der Waals surface area contributed by atoms with Crippen molar-refractivity contribution in [2.75, 3.05) is 33.7 Å². The fraction of sp³-hybridized carbons (Fsp3) is 0.630. The molecule has 0 N–H and O–H groups in total. The number of amides is 2. The minimum Gasteiger partial charge on any atom is -0.347 e. The number of carbonyl (C=O) groups is 2. The summed E-state index contributed by atoms with van der Waals surface area (Å²) in [5.41, 5.74) is 4.49. The number of aromatic nitrogens is 1. The highest BCUT2D eigenvalue weighted by Crippen LogP contribution is 2.35. The highest BCUT2D eigenvalue weighted by atomic mass is 16.2. The van der Waals surface area contributed by atoms with Crippen LogP contribution in [0.3, 0.4) is 0 Å². The average Bonchev–Trinajstić information content (AvgIpc) is 3.46. The van der Waals surface area contributed by atoms with Crippen LogP contribution in [0.5, 0.6) is 0 Å². The van der Waals surface area contributed by atoms with Crippen molar-refractivity contribution in [3.63, 3.8) is 0 Å². The summed E-state index contributed by atoms with van der Waals surface area (Å²) in [5.74, 6) is 0.960. The van der Waals surface area contributed by atoms with Gasteiger partial charge in [-0.1, -0.05) is 19.8 Å². The smallest absolute Gasteiger partial charge is 0.253 e. The van der Waals surface area contributed by atoms with E-state index in [2.05, 4.69) is 28.5 Å². The van der Waals surface area contributed by atoms with E-state index in [9.17, 15) is 9.59 Å². The number of fused-ring (bicyclic) bond motifs is 3. The molecule has 6 nitrogen and oxygen atoms in total. The topological polar surface area (TPSA) is 48.8 Å². The van der Waals surface area contributed by atoms with Crippen molar-refractivity contribution < 1.29 is 9.59 Å². The zero-order chi connectivity index (χ0) is 23.1. The van der Waals surface area contributed by atoms with E-state index in [1.807, 2.05) is 25.1 Å². The molecule has 3 aliphatic rings. The second kappa shape index (κ2) is 9.13. The molecule has 0 atom stereocenters. The molecular formula is C27H38N4O2. The minimum atomic E-state index is 0.107. The normalized spacial score (nSPS) is 20.4. The number of hydrogen-bond acceptors (Lipinski definition) is 3. The zero-order valence-corrected chi connectivity index (χ0v) is 20.5. The molecule has 3 heterocycles. The summed E-state index contributed by atoms with van der Waals surface area (Å²) < 4.78 is 2.22. The van der Waals surface area contributed by atoms with Crippen molar-refractivity contribution in [3.05, 3.63) is 35.0 Å². The predicted molar refractivity (Wildman–Crippen MR) is 131 cm³/mol.